The zero-order valence-corrected chi connectivity index (χ0v) is 13.9. The minimum Gasteiger partial charge on any atom is -0.368 e. The van der Waals surface area contributed by atoms with Gasteiger partial charge in [0, 0.05) is 19.5 Å². The summed E-state index contributed by atoms with van der Waals surface area (Å²) in [6, 6.07) is -2.25. The van der Waals surface area contributed by atoms with Crippen molar-refractivity contribution in [1.29, 1.82) is 0 Å². The van der Waals surface area contributed by atoms with Crippen LogP contribution in [0.4, 0.5) is 13.2 Å². The standard InChI is InChI=1S/C16H25F3N2O3/c1-11(22)20-12-7-8-14(16(17,18)19)21(9-12)15(23)10-24-13-5-3-2-4-6-13/h12-14H,2-10H2,1H3,(H,20,22)/t12-,14-/m0/s1. The van der Waals surface area contributed by atoms with E-state index in [0.29, 0.717) is 0 Å². The van der Waals surface area contributed by atoms with Crippen molar-refractivity contribution < 1.29 is 27.5 Å². The maximum Gasteiger partial charge on any atom is 0.408 e. The van der Waals surface area contributed by atoms with Crippen LogP contribution in [0.25, 0.3) is 0 Å². The van der Waals surface area contributed by atoms with Crippen molar-refractivity contribution in [3.8, 4) is 0 Å². The van der Waals surface area contributed by atoms with Gasteiger partial charge in [0.05, 0.1) is 6.10 Å². The zero-order valence-electron chi connectivity index (χ0n) is 13.9. The van der Waals surface area contributed by atoms with Crippen LogP contribution in [0.2, 0.25) is 0 Å². The van der Waals surface area contributed by atoms with Crippen molar-refractivity contribution in [2.75, 3.05) is 13.2 Å². The molecule has 2 amide bonds. The lowest BCUT2D eigenvalue weighted by atomic mass is 9.97. The van der Waals surface area contributed by atoms with Gasteiger partial charge in [-0.25, -0.2) is 0 Å². The molecule has 5 nitrogen and oxygen atoms in total. The van der Waals surface area contributed by atoms with Gasteiger partial charge in [0.25, 0.3) is 0 Å². The first-order chi connectivity index (χ1) is 11.3. The SMILES string of the molecule is CC(=O)N[C@H]1CC[C@@H](C(F)(F)F)N(C(=O)COC2CCCCC2)C1. The molecule has 0 unspecified atom stereocenters. The first-order valence-electron chi connectivity index (χ1n) is 8.52. The van der Waals surface area contributed by atoms with Gasteiger partial charge in [0.2, 0.25) is 11.8 Å². The molecule has 1 aliphatic heterocycles. The summed E-state index contributed by atoms with van der Waals surface area (Å²) >= 11 is 0. The van der Waals surface area contributed by atoms with Crippen LogP contribution in [0.15, 0.2) is 0 Å². The summed E-state index contributed by atoms with van der Waals surface area (Å²) in [4.78, 5) is 24.3. The van der Waals surface area contributed by atoms with E-state index in [9.17, 15) is 22.8 Å². The van der Waals surface area contributed by atoms with Gasteiger partial charge in [-0.3, -0.25) is 9.59 Å². The Labute approximate surface area is 139 Å². The number of halogens is 3. The summed E-state index contributed by atoms with van der Waals surface area (Å²) in [7, 11) is 0. The van der Waals surface area contributed by atoms with E-state index in [4.69, 9.17) is 4.74 Å². The van der Waals surface area contributed by atoms with Crippen molar-refractivity contribution in [3.63, 3.8) is 0 Å². The highest BCUT2D eigenvalue weighted by Gasteiger charge is 2.48. The minimum atomic E-state index is -4.47. The molecule has 1 N–H and O–H groups in total. The summed E-state index contributed by atoms with van der Waals surface area (Å²) in [5.74, 6) is -0.964. The quantitative estimate of drug-likeness (QED) is 0.847. The van der Waals surface area contributed by atoms with Crippen LogP contribution in [-0.4, -0.2) is 54.2 Å². The Bertz CT molecular complexity index is 450. The topological polar surface area (TPSA) is 58.6 Å². The molecule has 0 radical (unpaired) electrons. The molecule has 0 bridgehead atoms. The van der Waals surface area contributed by atoms with Crippen LogP contribution in [-0.2, 0) is 14.3 Å². The lowest BCUT2D eigenvalue weighted by Gasteiger charge is -2.40. The smallest absolute Gasteiger partial charge is 0.368 e. The summed E-state index contributed by atoms with van der Waals surface area (Å²) in [6.45, 7) is 0.856. The largest absolute Gasteiger partial charge is 0.408 e. The van der Waals surface area contributed by atoms with Crippen LogP contribution >= 0.6 is 0 Å². The third-order valence-electron chi connectivity index (χ3n) is 4.68. The first-order valence-corrected chi connectivity index (χ1v) is 8.52. The van der Waals surface area contributed by atoms with Crippen molar-refractivity contribution >= 4 is 11.8 Å². The molecule has 2 fully saturated rings. The number of hydrogen-bond acceptors (Lipinski definition) is 3. The van der Waals surface area contributed by atoms with Crippen LogP contribution in [0.5, 0.6) is 0 Å². The number of alkyl halides is 3. The van der Waals surface area contributed by atoms with Gasteiger partial charge in [-0.1, -0.05) is 19.3 Å². The normalized spacial score (nSPS) is 26.2. The van der Waals surface area contributed by atoms with E-state index in [0.717, 1.165) is 37.0 Å². The third-order valence-corrected chi connectivity index (χ3v) is 4.68. The van der Waals surface area contributed by atoms with E-state index in [1.165, 1.54) is 6.92 Å². The zero-order chi connectivity index (χ0) is 17.7. The van der Waals surface area contributed by atoms with Crippen LogP contribution in [0.3, 0.4) is 0 Å². The monoisotopic (exact) mass is 350 g/mol. The number of carbonyl (C=O) groups is 2. The third kappa shape index (κ3) is 5.36. The van der Waals surface area contributed by atoms with Crippen LogP contribution < -0.4 is 5.32 Å². The van der Waals surface area contributed by atoms with Crippen LogP contribution in [0, 0.1) is 0 Å². The molecule has 8 heteroatoms. The molecular weight excluding hydrogens is 325 g/mol. The second kappa shape index (κ2) is 8.18. The number of ether oxygens (including phenoxy) is 1. The molecule has 2 rings (SSSR count). The number of nitrogens with one attached hydrogen (secondary N) is 1. The Kier molecular flexibility index (Phi) is 6.48. The second-order valence-electron chi connectivity index (χ2n) is 6.65. The number of amides is 2. The molecule has 0 aromatic carbocycles. The summed E-state index contributed by atoms with van der Waals surface area (Å²) in [6.07, 6.45) is 0.380. The lowest BCUT2D eigenvalue weighted by Crippen LogP contribution is -2.58. The fraction of sp³-hybridized carbons (Fsp3) is 0.875. The molecular formula is C16H25F3N2O3. The number of carbonyl (C=O) groups excluding carboxylic acids is 2. The maximum atomic E-state index is 13.2. The van der Waals surface area contributed by atoms with E-state index < -0.39 is 24.2 Å². The van der Waals surface area contributed by atoms with E-state index in [-0.39, 0.29) is 38.0 Å². The molecule has 2 atom stereocenters. The number of piperidine rings is 1. The van der Waals surface area contributed by atoms with E-state index in [1.54, 1.807) is 0 Å². The predicted octanol–water partition coefficient (Wildman–Crippen LogP) is 2.39. The highest BCUT2D eigenvalue weighted by atomic mass is 19.4. The van der Waals surface area contributed by atoms with E-state index in [2.05, 4.69) is 5.32 Å². The van der Waals surface area contributed by atoms with Gasteiger partial charge in [-0.2, -0.15) is 13.2 Å². The Morgan fingerprint density at radius 2 is 1.79 bits per heavy atom. The lowest BCUT2D eigenvalue weighted by molar-refractivity contribution is -0.199. The molecule has 1 saturated carbocycles. The molecule has 1 heterocycles. The number of likely N-dealkylation sites (tertiary alicyclic amines) is 1. The molecule has 24 heavy (non-hydrogen) atoms. The second-order valence-corrected chi connectivity index (χ2v) is 6.65. The minimum absolute atomic E-state index is 0.0389. The molecule has 0 aromatic heterocycles. The summed E-state index contributed by atoms with van der Waals surface area (Å²) in [5.41, 5.74) is 0. The van der Waals surface area contributed by atoms with Gasteiger partial charge in [0.1, 0.15) is 12.6 Å². The highest BCUT2D eigenvalue weighted by Crippen LogP contribution is 2.32. The Morgan fingerprint density at radius 1 is 1.12 bits per heavy atom. The fourth-order valence-corrected chi connectivity index (χ4v) is 3.50. The van der Waals surface area contributed by atoms with Gasteiger partial charge < -0.3 is 15.0 Å². The van der Waals surface area contributed by atoms with Gasteiger partial charge >= 0.3 is 6.18 Å². The van der Waals surface area contributed by atoms with Gasteiger partial charge in [0.15, 0.2) is 0 Å². The van der Waals surface area contributed by atoms with Crippen LogP contribution in [0.1, 0.15) is 51.9 Å². The van der Waals surface area contributed by atoms with Crippen molar-refractivity contribution in [1.82, 2.24) is 10.2 Å². The molecule has 1 aliphatic carbocycles. The number of hydrogen-bond donors (Lipinski definition) is 1. The number of nitrogens with zero attached hydrogens (tertiary/aromatic N) is 1. The molecule has 0 spiro atoms. The van der Waals surface area contributed by atoms with Crippen molar-refractivity contribution in [2.24, 2.45) is 0 Å². The molecule has 1 saturated heterocycles. The highest BCUT2D eigenvalue weighted by molar-refractivity contribution is 5.78. The number of rotatable bonds is 4. The molecule has 2 aliphatic rings. The van der Waals surface area contributed by atoms with E-state index in [1.807, 2.05) is 0 Å². The molecule has 0 aromatic rings. The summed E-state index contributed by atoms with van der Waals surface area (Å²) < 4.78 is 45.2. The van der Waals surface area contributed by atoms with Crippen molar-refractivity contribution in [2.45, 2.75) is 76.2 Å². The predicted molar refractivity (Wildman–Crippen MR) is 81.2 cm³/mol. The Balaban J connectivity index is 1.96. The average molecular weight is 350 g/mol. The average Bonchev–Trinajstić information content (AvgIpc) is 2.52. The maximum absolute atomic E-state index is 13.2. The first kappa shape index (κ1) is 19.0. The Hall–Kier alpha value is -1.31. The summed E-state index contributed by atoms with van der Waals surface area (Å²) in [5, 5.41) is 2.60. The van der Waals surface area contributed by atoms with Crippen molar-refractivity contribution in [3.05, 3.63) is 0 Å². The van der Waals surface area contributed by atoms with Gasteiger partial charge in [-0.15, -0.1) is 0 Å². The fourth-order valence-electron chi connectivity index (χ4n) is 3.50. The van der Waals surface area contributed by atoms with E-state index >= 15 is 0 Å². The Morgan fingerprint density at radius 3 is 2.38 bits per heavy atom. The van der Waals surface area contributed by atoms with Gasteiger partial charge in [-0.05, 0) is 25.7 Å². The molecule has 138 valence electrons.